The molecule has 0 spiro atoms. The molecule has 0 bridgehead atoms. The number of hydrogen-bond acceptors (Lipinski definition) is 8. The highest BCUT2D eigenvalue weighted by Crippen LogP contribution is 2.07. The lowest BCUT2D eigenvalue weighted by molar-refractivity contribution is -0.157. The number of rotatable bonds is 9. The van der Waals surface area contributed by atoms with Gasteiger partial charge in [-0.25, -0.2) is 0 Å². The van der Waals surface area contributed by atoms with Crippen LogP contribution in [0, 0.1) is 0 Å². The van der Waals surface area contributed by atoms with Crippen LogP contribution in [-0.2, 0) is 16.0 Å². The lowest BCUT2D eigenvalue weighted by atomic mass is 10.0. The molecule has 0 heterocycles. The van der Waals surface area contributed by atoms with Gasteiger partial charge in [0.2, 0.25) is 0 Å². The van der Waals surface area contributed by atoms with E-state index in [2.05, 4.69) is 0 Å². The highest BCUT2D eigenvalue weighted by Gasteiger charge is 2.31. The fourth-order valence-corrected chi connectivity index (χ4v) is 1.89. The fraction of sp³-hybridized carbons (Fsp3) is 0.533. The van der Waals surface area contributed by atoms with Crippen LogP contribution in [0.15, 0.2) is 30.3 Å². The minimum Gasteiger partial charge on any atom is -0.462 e. The maximum atomic E-state index is 11.7. The second-order valence-electron chi connectivity index (χ2n) is 5.22. The van der Waals surface area contributed by atoms with Gasteiger partial charge in [-0.3, -0.25) is 4.79 Å². The van der Waals surface area contributed by atoms with E-state index >= 15 is 0 Å². The van der Waals surface area contributed by atoms with Crippen molar-refractivity contribution in [1.29, 1.82) is 0 Å². The highest BCUT2D eigenvalue weighted by atomic mass is 16.5. The van der Waals surface area contributed by atoms with E-state index in [1.54, 1.807) is 24.3 Å². The number of benzene rings is 1. The number of aliphatic hydroxyl groups excluding tert-OH is 5. The molecule has 1 aromatic rings. The van der Waals surface area contributed by atoms with Gasteiger partial charge in [-0.2, -0.15) is 0 Å². The first kappa shape index (κ1) is 19.5. The van der Waals surface area contributed by atoms with Crippen LogP contribution in [0.25, 0.3) is 0 Å². The molecule has 0 unspecified atom stereocenters. The summed E-state index contributed by atoms with van der Waals surface area (Å²) in [6.45, 7) is -1.38. The van der Waals surface area contributed by atoms with Crippen LogP contribution in [0.1, 0.15) is 5.56 Å². The van der Waals surface area contributed by atoms with Gasteiger partial charge < -0.3 is 36.0 Å². The summed E-state index contributed by atoms with van der Waals surface area (Å²) in [7, 11) is 0. The predicted octanol–water partition coefficient (Wildman–Crippen LogP) is -2.46. The summed E-state index contributed by atoms with van der Waals surface area (Å²) in [5, 5.41) is 46.5. The van der Waals surface area contributed by atoms with Crippen molar-refractivity contribution in [3.63, 3.8) is 0 Å². The highest BCUT2D eigenvalue weighted by molar-refractivity contribution is 5.75. The van der Waals surface area contributed by atoms with Gasteiger partial charge in [0.05, 0.1) is 6.61 Å². The zero-order chi connectivity index (χ0) is 17.4. The first-order chi connectivity index (χ1) is 10.9. The number of ether oxygens (including phenoxy) is 1. The summed E-state index contributed by atoms with van der Waals surface area (Å²) in [6, 6.07) is 8.12. The zero-order valence-electron chi connectivity index (χ0n) is 12.5. The van der Waals surface area contributed by atoms with Crippen LogP contribution < -0.4 is 5.73 Å². The molecule has 0 aliphatic heterocycles. The predicted molar refractivity (Wildman–Crippen MR) is 80.2 cm³/mol. The van der Waals surface area contributed by atoms with Crippen molar-refractivity contribution < 1.29 is 35.1 Å². The van der Waals surface area contributed by atoms with E-state index in [1.165, 1.54) is 0 Å². The van der Waals surface area contributed by atoms with Gasteiger partial charge in [-0.05, 0) is 12.0 Å². The Kier molecular flexibility index (Phi) is 8.10. The Balaban J connectivity index is 2.42. The molecule has 7 N–H and O–H groups in total. The Morgan fingerprint density at radius 2 is 1.61 bits per heavy atom. The summed E-state index contributed by atoms with van der Waals surface area (Å²) in [4.78, 5) is 11.7. The molecular weight excluding hydrogens is 306 g/mol. The molecule has 0 fully saturated rings. The van der Waals surface area contributed by atoms with Crippen molar-refractivity contribution >= 4 is 5.97 Å². The summed E-state index contributed by atoms with van der Waals surface area (Å²) in [6.07, 6.45) is -6.54. The van der Waals surface area contributed by atoms with Crippen molar-refractivity contribution in [3.05, 3.63) is 35.9 Å². The second kappa shape index (κ2) is 9.56. The molecule has 130 valence electrons. The van der Waals surface area contributed by atoms with E-state index in [0.29, 0.717) is 0 Å². The molecule has 0 radical (unpaired) electrons. The smallest absolute Gasteiger partial charge is 0.323 e. The lowest BCUT2D eigenvalue weighted by Gasteiger charge is -2.25. The minimum atomic E-state index is -1.78. The molecule has 0 amide bonds. The monoisotopic (exact) mass is 329 g/mol. The van der Waals surface area contributed by atoms with Crippen molar-refractivity contribution in [2.24, 2.45) is 5.73 Å². The molecule has 0 saturated heterocycles. The summed E-state index contributed by atoms with van der Waals surface area (Å²) < 4.78 is 4.79. The molecular formula is C15H23NO7. The third-order valence-corrected chi connectivity index (χ3v) is 3.32. The summed E-state index contributed by atoms with van der Waals surface area (Å²) in [5.74, 6) is -0.766. The molecule has 1 aromatic carbocycles. The van der Waals surface area contributed by atoms with Crippen LogP contribution in [0.4, 0.5) is 0 Å². The maximum absolute atomic E-state index is 11.7. The SMILES string of the molecule is N[C@@H](Cc1ccccc1)C(=O)OC[C@@H](O)[C@@H](O)[C@H](O)[C@H](O)CO. The van der Waals surface area contributed by atoms with Crippen LogP contribution in [0.2, 0.25) is 0 Å². The molecule has 0 aliphatic carbocycles. The number of esters is 1. The van der Waals surface area contributed by atoms with Crippen molar-refractivity contribution in [2.45, 2.75) is 36.9 Å². The Bertz CT molecular complexity index is 470. The van der Waals surface area contributed by atoms with Gasteiger partial charge in [0.1, 0.15) is 37.1 Å². The Morgan fingerprint density at radius 1 is 1.04 bits per heavy atom. The van der Waals surface area contributed by atoms with Gasteiger partial charge in [-0.15, -0.1) is 0 Å². The van der Waals surface area contributed by atoms with Gasteiger partial charge in [0.25, 0.3) is 0 Å². The molecule has 5 atom stereocenters. The van der Waals surface area contributed by atoms with Crippen molar-refractivity contribution in [1.82, 2.24) is 0 Å². The number of carbonyl (C=O) groups excluding carboxylic acids is 1. The molecule has 23 heavy (non-hydrogen) atoms. The quantitative estimate of drug-likeness (QED) is 0.273. The minimum absolute atomic E-state index is 0.254. The average molecular weight is 329 g/mol. The topological polar surface area (TPSA) is 153 Å². The van der Waals surface area contributed by atoms with Crippen LogP contribution >= 0.6 is 0 Å². The molecule has 8 nitrogen and oxygen atoms in total. The molecule has 1 rings (SSSR count). The van der Waals surface area contributed by atoms with Gasteiger partial charge in [-0.1, -0.05) is 30.3 Å². The number of aliphatic hydroxyl groups is 5. The first-order valence-corrected chi connectivity index (χ1v) is 7.16. The summed E-state index contributed by atoms with van der Waals surface area (Å²) >= 11 is 0. The normalized spacial score (nSPS) is 17.8. The van der Waals surface area contributed by atoms with Gasteiger partial charge in [0.15, 0.2) is 0 Å². The van der Waals surface area contributed by atoms with E-state index in [1.807, 2.05) is 6.07 Å². The second-order valence-corrected chi connectivity index (χ2v) is 5.22. The number of hydrogen-bond donors (Lipinski definition) is 6. The average Bonchev–Trinajstić information content (AvgIpc) is 2.57. The number of nitrogens with two attached hydrogens (primary N) is 1. The van der Waals surface area contributed by atoms with Gasteiger partial charge >= 0.3 is 5.97 Å². The van der Waals surface area contributed by atoms with Crippen molar-refractivity contribution in [2.75, 3.05) is 13.2 Å². The van der Waals surface area contributed by atoms with E-state index in [9.17, 15) is 25.2 Å². The molecule has 0 saturated carbocycles. The van der Waals surface area contributed by atoms with E-state index in [-0.39, 0.29) is 6.42 Å². The summed E-state index contributed by atoms with van der Waals surface area (Å²) in [5.41, 5.74) is 6.55. The maximum Gasteiger partial charge on any atom is 0.323 e. The van der Waals surface area contributed by atoms with E-state index < -0.39 is 49.6 Å². The Labute approximate surface area is 133 Å². The Morgan fingerprint density at radius 3 is 2.17 bits per heavy atom. The molecule has 0 aliphatic rings. The number of carbonyl (C=O) groups is 1. The van der Waals surface area contributed by atoms with E-state index in [0.717, 1.165) is 5.56 Å². The third-order valence-electron chi connectivity index (χ3n) is 3.32. The largest absolute Gasteiger partial charge is 0.462 e. The Hall–Kier alpha value is -1.55. The van der Waals surface area contributed by atoms with E-state index in [4.69, 9.17) is 15.6 Å². The van der Waals surface area contributed by atoms with Crippen molar-refractivity contribution in [3.8, 4) is 0 Å². The zero-order valence-corrected chi connectivity index (χ0v) is 12.5. The molecule has 0 aromatic heterocycles. The van der Waals surface area contributed by atoms with Crippen LogP contribution in [-0.4, -0.2) is 75.2 Å². The lowest BCUT2D eigenvalue weighted by Crippen LogP contribution is -2.48. The standard InChI is InChI=1S/C15H23NO7/c16-10(6-9-4-2-1-3-5-9)15(22)23-8-12(19)14(21)13(20)11(18)7-17/h1-5,10-14,17-21H,6-8,16H2/t10-,11+,12+,13+,14+/m0/s1. The molecule has 8 heteroatoms. The van der Waals surface area contributed by atoms with Gasteiger partial charge in [0, 0.05) is 0 Å². The fourth-order valence-electron chi connectivity index (χ4n) is 1.89. The first-order valence-electron chi connectivity index (χ1n) is 7.16. The third kappa shape index (κ3) is 6.22. The van der Waals surface area contributed by atoms with Crippen LogP contribution in [0.5, 0.6) is 0 Å². The van der Waals surface area contributed by atoms with Crippen LogP contribution in [0.3, 0.4) is 0 Å².